The maximum absolute atomic E-state index is 10.8. The van der Waals surface area contributed by atoms with E-state index in [4.69, 9.17) is 9.84 Å². The quantitative estimate of drug-likeness (QED) is 0.847. The van der Waals surface area contributed by atoms with Crippen molar-refractivity contribution in [2.45, 2.75) is 31.7 Å². The summed E-state index contributed by atoms with van der Waals surface area (Å²) in [5.41, 5.74) is 2.73. The molecule has 0 aromatic heterocycles. The van der Waals surface area contributed by atoms with Gasteiger partial charge in [-0.05, 0) is 56.6 Å². The number of aliphatic carboxylic acids is 1. The van der Waals surface area contributed by atoms with Gasteiger partial charge >= 0.3 is 5.97 Å². The van der Waals surface area contributed by atoms with E-state index in [-0.39, 0.29) is 19.0 Å². The highest BCUT2D eigenvalue weighted by Crippen LogP contribution is 2.26. The van der Waals surface area contributed by atoms with Gasteiger partial charge in [0, 0.05) is 19.0 Å². The zero-order chi connectivity index (χ0) is 16.2. The number of hydrogen-bond donors (Lipinski definition) is 1. The highest BCUT2D eigenvalue weighted by molar-refractivity contribution is 5.85. The van der Waals surface area contributed by atoms with Crippen LogP contribution in [0.25, 0.3) is 0 Å². The number of carboxylic acids is 1. The van der Waals surface area contributed by atoms with Crippen molar-refractivity contribution in [3.05, 3.63) is 29.3 Å². The highest BCUT2D eigenvalue weighted by Gasteiger charge is 2.23. The molecule has 1 N–H and O–H groups in total. The third-order valence-corrected chi connectivity index (χ3v) is 5.04. The van der Waals surface area contributed by atoms with E-state index < -0.39 is 5.97 Å². The number of nitrogens with zero attached hydrogens (tertiary/aromatic N) is 2. The van der Waals surface area contributed by atoms with Gasteiger partial charge in [-0.15, -0.1) is 12.4 Å². The van der Waals surface area contributed by atoms with Crippen molar-refractivity contribution in [2.75, 3.05) is 39.8 Å². The number of ether oxygens (including phenoxy) is 1. The molecule has 0 aliphatic carbocycles. The van der Waals surface area contributed by atoms with Gasteiger partial charge in [0.15, 0.2) is 0 Å². The highest BCUT2D eigenvalue weighted by atomic mass is 35.5. The Morgan fingerprint density at radius 3 is 2.83 bits per heavy atom. The van der Waals surface area contributed by atoms with Crippen molar-refractivity contribution < 1.29 is 14.6 Å². The van der Waals surface area contributed by atoms with Crippen LogP contribution in [0.15, 0.2) is 18.2 Å². The second kappa shape index (κ2) is 8.70. The Bertz CT molecular complexity index is 559. The summed E-state index contributed by atoms with van der Waals surface area (Å²) in [5.74, 6) is 0.312. The van der Waals surface area contributed by atoms with Crippen molar-refractivity contribution in [3.63, 3.8) is 0 Å². The number of carbonyl (C=O) groups is 1. The number of piperidine rings is 1. The minimum Gasteiger partial charge on any atom is -0.493 e. The van der Waals surface area contributed by atoms with Crippen LogP contribution in [0.3, 0.4) is 0 Å². The molecule has 1 aromatic carbocycles. The van der Waals surface area contributed by atoms with E-state index in [1.165, 1.54) is 11.1 Å². The van der Waals surface area contributed by atoms with Crippen LogP contribution in [-0.2, 0) is 17.6 Å². The average Bonchev–Trinajstić information content (AvgIpc) is 3.00. The molecule has 0 bridgehead atoms. The Morgan fingerprint density at radius 2 is 2.12 bits per heavy atom. The SMILES string of the molecule is CN(CC(=O)O)C1CCN(CCc2ccc3c(c2)CCO3)CC1.Cl. The third-order valence-electron chi connectivity index (χ3n) is 5.04. The maximum atomic E-state index is 10.8. The number of carboxylic acid groups (broad SMARTS) is 1. The summed E-state index contributed by atoms with van der Waals surface area (Å²) < 4.78 is 5.55. The molecular weight excluding hydrogens is 328 g/mol. The smallest absolute Gasteiger partial charge is 0.317 e. The standard InChI is InChI=1S/C18H26N2O3.ClH/c1-19(13-18(21)22)16-5-9-20(10-6-16)8-4-14-2-3-17-15(12-14)7-11-23-17;/h2-3,12,16H,4-11,13H2,1H3,(H,21,22);1H. The number of hydrogen-bond acceptors (Lipinski definition) is 4. The molecule has 0 saturated carbocycles. The van der Waals surface area contributed by atoms with Crippen LogP contribution < -0.4 is 4.74 Å². The van der Waals surface area contributed by atoms with E-state index in [1.54, 1.807) is 0 Å². The summed E-state index contributed by atoms with van der Waals surface area (Å²) in [6.45, 7) is 4.15. The van der Waals surface area contributed by atoms with E-state index >= 15 is 0 Å². The lowest BCUT2D eigenvalue weighted by atomic mass is 10.0. The van der Waals surface area contributed by atoms with Crippen molar-refractivity contribution in [3.8, 4) is 5.75 Å². The van der Waals surface area contributed by atoms with Gasteiger partial charge in [0.1, 0.15) is 5.75 Å². The molecule has 0 spiro atoms. The Labute approximate surface area is 150 Å². The maximum Gasteiger partial charge on any atom is 0.317 e. The van der Waals surface area contributed by atoms with Crippen molar-refractivity contribution in [1.82, 2.24) is 9.80 Å². The first kappa shape index (κ1) is 19.0. The van der Waals surface area contributed by atoms with E-state index in [9.17, 15) is 4.79 Å². The first-order valence-electron chi connectivity index (χ1n) is 8.51. The monoisotopic (exact) mass is 354 g/mol. The van der Waals surface area contributed by atoms with Gasteiger partial charge in [-0.3, -0.25) is 9.69 Å². The lowest BCUT2D eigenvalue weighted by Gasteiger charge is -2.36. The van der Waals surface area contributed by atoms with Crippen LogP contribution in [0.5, 0.6) is 5.75 Å². The molecule has 0 amide bonds. The first-order valence-corrected chi connectivity index (χ1v) is 8.51. The normalized spacial score (nSPS) is 18.1. The van der Waals surface area contributed by atoms with Crippen molar-refractivity contribution >= 4 is 18.4 Å². The number of benzene rings is 1. The molecule has 1 saturated heterocycles. The van der Waals surface area contributed by atoms with E-state index in [0.29, 0.717) is 6.04 Å². The number of fused-ring (bicyclic) bond motifs is 1. The van der Waals surface area contributed by atoms with Crippen LogP contribution in [0.1, 0.15) is 24.0 Å². The van der Waals surface area contributed by atoms with Crippen LogP contribution in [-0.4, -0.2) is 66.8 Å². The zero-order valence-electron chi connectivity index (χ0n) is 14.2. The summed E-state index contributed by atoms with van der Waals surface area (Å²) in [6, 6.07) is 6.97. The van der Waals surface area contributed by atoms with Crippen LogP contribution in [0, 0.1) is 0 Å². The minimum absolute atomic E-state index is 0. The van der Waals surface area contributed by atoms with Gasteiger partial charge in [0.05, 0.1) is 13.2 Å². The lowest BCUT2D eigenvalue weighted by molar-refractivity contribution is -0.138. The van der Waals surface area contributed by atoms with E-state index in [0.717, 1.165) is 57.7 Å². The molecule has 2 aliphatic heterocycles. The summed E-state index contributed by atoms with van der Waals surface area (Å²) in [5, 5.41) is 8.88. The van der Waals surface area contributed by atoms with Gasteiger partial charge in [-0.2, -0.15) is 0 Å². The molecule has 1 fully saturated rings. The topological polar surface area (TPSA) is 53.0 Å². The van der Waals surface area contributed by atoms with Gasteiger partial charge < -0.3 is 14.7 Å². The Kier molecular flexibility index (Phi) is 6.90. The van der Waals surface area contributed by atoms with Crippen LogP contribution in [0.4, 0.5) is 0 Å². The van der Waals surface area contributed by atoms with E-state index in [2.05, 4.69) is 23.1 Å². The lowest BCUT2D eigenvalue weighted by Crippen LogP contribution is -2.45. The zero-order valence-corrected chi connectivity index (χ0v) is 15.1. The second-order valence-corrected chi connectivity index (χ2v) is 6.67. The molecule has 5 nitrogen and oxygen atoms in total. The molecule has 24 heavy (non-hydrogen) atoms. The number of halogens is 1. The first-order chi connectivity index (χ1) is 11.1. The van der Waals surface area contributed by atoms with E-state index in [1.807, 2.05) is 11.9 Å². The fourth-order valence-corrected chi connectivity index (χ4v) is 3.61. The fourth-order valence-electron chi connectivity index (χ4n) is 3.61. The largest absolute Gasteiger partial charge is 0.493 e. The molecule has 0 unspecified atom stereocenters. The summed E-state index contributed by atoms with van der Waals surface area (Å²) in [7, 11) is 1.92. The number of rotatable bonds is 6. The summed E-state index contributed by atoms with van der Waals surface area (Å²) in [6.07, 6.45) is 4.22. The van der Waals surface area contributed by atoms with Crippen molar-refractivity contribution in [1.29, 1.82) is 0 Å². The minimum atomic E-state index is -0.740. The molecule has 2 heterocycles. The fraction of sp³-hybridized carbons (Fsp3) is 0.611. The van der Waals surface area contributed by atoms with Crippen LogP contribution in [0.2, 0.25) is 0 Å². The molecule has 134 valence electrons. The third kappa shape index (κ3) is 4.85. The Morgan fingerprint density at radius 1 is 1.38 bits per heavy atom. The molecule has 1 aromatic rings. The van der Waals surface area contributed by atoms with Gasteiger partial charge in [-0.25, -0.2) is 0 Å². The molecule has 0 radical (unpaired) electrons. The summed E-state index contributed by atoms with van der Waals surface area (Å²) in [4.78, 5) is 15.3. The van der Waals surface area contributed by atoms with Crippen molar-refractivity contribution in [2.24, 2.45) is 0 Å². The average molecular weight is 355 g/mol. The molecule has 2 aliphatic rings. The summed E-state index contributed by atoms with van der Waals surface area (Å²) >= 11 is 0. The predicted molar refractivity (Wildman–Crippen MR) is 96.3 cm³/mol. The predicted octanol–water partition coefficient (Wildman–Crippen LogP) is 2.07. The van der Waals surface area contributed by atoms with Gasteiger partial charge in [-0.1, -0.05) is 12.1 Å². The van der Waals surface area contributed by atoms with Gasteiger partial charge in [0.2, 0.25) is 0 Å². The molecule has 6 heteroatoms. The number of likely N-dealkylation sites (N-methyl/N-ethyl adjacent to an activating group) is 1. The second-order valence-electron chi connectivity index (χ2n) is 6.67. The Hall–Kier alpha value is -1.30. The number of likely N-dealkylation sites (tertiary alicyclic amines) is 1. The molecule has 3 rings (SSSR count). The van der Waals surface area contributed by atoms with Crippen LogP contribution >= 0.6 is 12.4 Å². The van der Waals surface area contributed by atoms with Gasteiger partial charge in [0.25, 0.3) is 0 Å². The molecule has 0 atom stereocenters. The molecular formula is C18H27ClN2O3. The Balaban J connectivity index is 0.00000208.